The van der Waals surface area contributed by atoms with Gasteiger partial charge in [0.2, 0.25) is 0 Å². The molecule has 2 aliphatic rings. The fourth-order valence-corrected chi connectivity index (χ4v) is 4.23. The Bertz CT molecular complexity index is 500. The number of hydrogen-bond donors (Lipinski definition) is 3. The average molecular weight is 275 g/mol. The summed E-state index contributed by atoms with van der Waals surface area (Å²) in [6.45, 7) is 4.64. The smallest absolute Gasteiger partial charge is 0.120 e. The zero-order chi connectivity index (χ0) is 14.3. The number of fused-ring (bicyclic) bond motifs is 1. The van der Waals surface area contributed by atoms with E-state index in [1.54, 1.807) is 0 Å². The van der Waals surface area contributed by atoms with Gasteiger partial charge in [0.25, 0.3) is 0 Å². The predicted molar refractivity (Wildman–Crippen MR) is 80.0 cm³/mol. The van der Waals surface area contributed by atoms with Crippen LogP contribution in [0, 0.1) is 12.8 Å². The molecule has 20 heavy (non-hydrogen) atoms. The van der Waals surface area contributed by atoms with Crippen LogP contribution in [0.3, 0.4) is 0 Å². The number of phenolic OH excluding ortho intramolecular Hbond substituents is 1. The highest BCUT2D eigenvalue weighted by Gasteiger charge is 2.36. The lowest BCUT2D eigenvalue weighted by atomic mass is 9.97. The summed E-state index contributed by atoms with van der Waals surface area (Å²) >= 11 is 0. The summed E-state index contributed by atoms with van der Waals surface area (Å²) in [5.74, 6) is 1.29. The van der Waals surface area contributed by atoms with Gasteiger partial charge in [0.15, 0.2) is 0 Å². The molecule has 4 unspecified atom stereocenters. The summed E-state index contributed by atoms with van der Waals surface area (Å²) in [5.41, 5.74) is 3.70. The van der Waals surface area contributed by atoms with Crippen LogP contribution in [-0.4, -0.2) is 22.9 Å². The highest BCUT2D eigenvalue weighted by Crippen LogP contribution is 2.46. The molecular weight excluding hydrogens is 250 g/mol. The van der Waals surface area contributed by atoms with Gasteiger partial charge in [0.1, 0.15) is 5.75 Å². The van der Waals surface area contributed by atoms with Crippen molar-refractivity contribution < 1.29 is 10.2 Å². The molecule has 0 radical (unpaired) electrons. The molecule has 0 amide bonds. The lowest BCUT2D eigenvalue weighted by Gasteiger charge is -2.25. The van der Waals surface area contributed by atoms with Crippen LogP contribution in [-0.2, 0) is 0 Å². The number of aliphatic hydroxyl groups is 1. The number of rotatable bonds is 3. The summed E-state index contributed by atoms with van der Waals surface area (Å²) in [7, 11) is 0. The molecule has 4 atom stereocenters. The zero-order valence-corrected chi connectivity index (χ0v) is 12.4. The molecule has 1 aromatic rings. The Morgan fingerprint density at radius 3 is 2.80 bits per heavy atom. The molecule has 3 N–H and O–H groups in total. The van der Waals surface area contributed by atoms with Gasteiger partial charge >= 0.3 is 0 Å². The van der Waals surface area contributed by atoms with E-state index in [1.807, 2.05) is 12.1 Å². The maximum Gasteiger partial charge on any atom is 0.120 e. The first kappa shape index (κ1) is 13.9. The molecule has 1 aromatic carbocycles. The fraction of sp³-hybridized carbons (Fsp3) is 0.647. The molecule has 0 aliphatic heterocycles. The Kier molecular flexibility index (Phi) is 3.74. The third kappa shape index (κ3) is 2.23. The normalized spacial score (nSPS) is 32.5. The van der Waals surface area contributed by atoms with Crippen molar-refractivity contribution in [2.45, 2.75) is 57.5 Å². The Morgan fingerprint density at radius 2 is 2.05 bits per heavy atom. The highest BCUT2D eigenvalue weighted by molar-refractivity contribution is 5.50. The van der Waals surface area contributed by atoms with Gasteiger partial charge in [-0.25, -0.2) is 0 Å². The average Bonchev–Trinajstić information content (AvgIpc) is 3.00. The minimum Gasteiger partial charge on any atom is -0.508 e. The predicted octanol–water partition coefficient (Wildman–Crippen LogP) is 3.00. The quantitative estimate of drug-likeness (QED) is 0.795. The maximum atomic E-state index is 10.3. The van der Waals surface area contributed by atoms with Gasteiger partial charge in [0.05, 0.1) is 0 Å². The summed E-state index contributed by atoms with van der Waals surface area (Å²) < 4.78 is 0. The second-order valence-corrected chi connectivity index (χ2v) is 6.56. The second kappa shape index (κ2) is 5.38. The Balaban J connectivity index is 1.86. The summed E-state index contributed by atoms with van der Waals surface area (Å²) in [4.78, 5) is 0. The molecule has 3 nitrogen and oxygen atoms in total. The fourth-order valence-electron chi connectivity index (χ4n) is 4.23. The molecule has 3 rings (SSSR count). The molecule has 0 bridgehead atoms. The van der Waals surface area contributed by atoms with Crippen LogP contribution in [0.5, 0.6) is 5.75 Å². The monoisotopic (exact) mass is 275 g/mol. The maximum absolute atomic E-state index is 10.3. The standard InChI is InChI=1S/C17H25NO2/c1-10-6-7-15(20)17-14(8-11(2)16(10)17)18-13-5-3-4-12(13)9-19/h6-7,11-14,18-20H,3-5,8-9H2,1-2H3. The number of aryl methyl sites for hydroxylation is 1. The van der Waals surface area contributed by atoms with Crippen molar-refractivity contribution in [3.05, 3.63) is 28.8 Å². The molecule has 2 aliphatic carbocycles. The number of benzene rings is 1. The van der Waals surface area contributed by atoms with Crippen molar-refractivity contribution in [2.75, 3.05) is 6.61 Å². The van der Waals surface area contributed by atoms with E-state index >= 15 is 0 Å². The number of aliphatic hydroxyl groups excluding tert-OH is 1. The van der Waals surface area contributed by atoms with Gasteiger partial charge in [-0.05, 0) is 55.2 Å². The van der Waals surface area contributed by atoms with Crippen LogP contribution in [0.4, 0.5) is 0 Å². The van der Waals surface area contributed by atoms with Crippen LogP contribution in [0.1, 0.15) is 61.3 Å². The van der Waals surface area contributed by atoms with Crippen LogP contribution >= 0.6 is 0 Å². The van der Waals surface area contributed by atoms with E-state index in [4.69, 9.17) is 0 Å². The molecule has 0 spiro atoms. The molecule has 1 fully saturated rings. The SMILES string of the molecule is Cc1ccc(O)c2c1C(C)CC2NC1CCCC1CO. The minimum atomic E-state index is 0.233. The molecule has 110 valence electrons. The molecule has 3 heteroatoms. The van der Waals surface area contributed by atoms with Crippen LogP contribution in [0.15, 0.2) is 12.1 Å². The van der Waals surface area contributed by atoms with Crippen LogP contribution in [0.25, 0.3) is 0 Å². The lowest BCUT2D eigenvalue weighted by molar-refractivity contribution is 0.198. The van der Waals surface area contributed by atoms with Crippen molar-refractivity contribution >= 4 is 0 Å². The van der Waals surface area contributed by atoms with Gasteiger partial charge in [-0.2, -0.15) is 0 Å². The van der Waals surface area contributed by atoms with E-state index in [1.165, 1.54) is 17.5 Å². The first-order chi connectivity index (χ1) is 9.61. The van der Waals surface area contributed by atoms with Gasteiger partial charge in [-0.1, -0.05) is 19.4 Å². The van der Waals surface area contributed by atoms with E-state index in [9.17, 15) is 10.2 Å². The highest BCUT2D eigenvalue weighted by atomic mass is 16.3. The first-order valence-electron chi connectivity index (χ1n) is 7.81. The van der Waals surface area contributed by atoms with E-state index in [-0.39, 0.29) is 12.6 Å². The Labute approximate surface area is 121 Å². The topological polar surface area (TPSA) is 52.5 Å². The third-order valence-corrected chi connectivity index (χ3v) is 5.22. The van der Waals surface area contributed by atoms with Crippen molar-refractivity contribution in [2.24, 2.45) is 5.92 Å². The minimum absolute atomic E-state index is 0.233. The summed E-state index contributed by atoms with van der Waals surface area (Å²) in [5, 5.41) is 23.4. The first-order valence-corrected chi connectivity index (χ1v) is 7.81. The molecule has 0 saturated heterocycles. The van der Waals surface area contributed by atoms with E-state index in [2.05, 4.69) is 19.2 Å². The van der Waals surface area contributed by atoms with Gasteiger partial charge in [-0.15, -0.1) is 0 Å². The lowest BCUT2D eigenvalue weighted by Crippen LogP contribution is -2.36. The Morgan fingerprint density at radius 1 is 1.25 bits per heavy atom. The van der Waals surface area contributed by atoms with Crippen molar-refractivity contribution in [3.8, 4) is 5.75 Å². The zero-order valence-electron chi connectivity index (χ0n) is 12.4. The van der Waals surface area contributed by atoms with Gasteiger partial charge < -0.3 is 15.5 Å². The van der Waals surface area contributed by atoms with Crippen LogP contribution in [0.2, 0.25) is 0 Å². The summed E-state index contributed by atoms with van der Waals surface area (Å²) in [6.07, 6.45) is 4.49. The second-order valence-electron chi connectivity index (χ2n) is 6.56. The number of phenols is 1. The molecular formula is C17H25NO2. The molecule has 0 aromatic heterocycles. The van der Waals surface area contributed by atoms with Gasteiger partial charge in [-0.3, -0.25) is 0 Å². The number of nitrogens with one attached hydrogen (secondary N) is 1. The Hall–Kier alpha value is -1.06. The number of aromatic hydroxyl groups is 1. The van der Waals surface area contributed by atoms with Crippen molar-refractivity contribution in [3.63, 3.8) is 0 Å². The summed E-state index contributed by atoms with van der Waals surface area (Å²) in [6, 6.07) is 4.46. The van der Waals surface area contributed by atoms with E-state index in [0.717, 1.165) is 24.8 Å². The third-order valence-electron chi connectivity index (χ3n) is 5.22. The van der Waals surface area contributed by atoms with E-state index < -0.39 is 0 Å². The molecule has 0 heterocycles. The van der Waals surface area contributed by atoms with Gasteiger partial charge in [0, 0.05) is 24.3 Å². The van der Waals surface area contributed by atoms with E-state index in [0.29, 0.717) is 23.6 Å². The largest absolute Gasteiger partial charge is 0.508 e. The van der Waals surface area contributed by atoms with Crippen molar-refractivity contribution in [1.29, 1.82) is 0 Å². The van der Waals surface area contributed by atoms with Crippen molar-refractivity contribution in [1.82, 2.24) is 5.32 Å². The van der Waals surface area contributed by atoms with Crippen LogP contribution < -0.4 is 5.32 Å². The number of hydrogen-bond acceptors (Lipinski definition) is 3. The molecule has 1 saturated carbocycles.